The molecule has 0 radical (unpaired) electrons. The molecule has 21 heavy (non-hydrogen) atoms. The molecule has 0 amide bonds. The Kier molecular flexibility index (Phi) is 4.67. The molecular weight excluding hydrogens is 299 g/mol. The van der Waals surface area contributed by atoms with E-state index in [1.165, 1.54) is 27.4 Å². The number of ether oxygens (including phenoxy) is 2. The van der Waals surface area contributed by atoms with E-state index in [4.69, 9.17) is 13.9 Å². The van der Waals surface area contributed by atoms with Crippen molar-refractivity contribution in [2.45, 2.75) is 0 Å². The Bertz CT molecular complexity index is 683. The standard InChI is InChI=1S/C13H15O7P/c1-16-10-5-4-9-6-12(20-11(9)7-10)13(14)19-8-21(15,17-2)18-3/h4-7H,8H2,1-3H3. The van der Waals surface area contributed by atoms with Crippen molar-refractivity contribution in [1.82, 2.24) is 0 Å². The van der Waals surface area contributed by atoms with Gasteiger partial charge in [-0.25, -0.2) is 4.79 Å². The number of hydrogen-bond donors (Lipinski definition) is 0. The van der Waals surface area contributed by atoms with Crippen LogP contribution in [0.4, 0.5) is 0 Å². The molecule has 0 spiro atoms. The quantitative estimate of drug-likeness (QED) is 0.598. The number of esters is 1. The summed E-state index contributed by atoms with van der Waals surface area (Å²) in [6, 6.07) is 6.68. The van der Waals surface area contributed by atoms with Crippen molar-refractivity contribution in [3.05, 3.63) is 30.0 Å². The van der Waals surface area contributed by atoms with Crippen LogP contribution in [-0.4, -0.2) is 33.6 Å². The second kappa shape index (κ2) is 6.30. The molecule has 0 unspecified atom stereocenters. The molecule has 1 aromatic carbocycles. The van der Waals surface area contributed by atoms with E-state index in [1.54, 1.807) is 18.2 Å². The Labute approximate surface area is 121 Å². The molecule has 0 fully saturated rings. The molecule has 8 heteroatoms. The van der Waals surface area contributed by atoms with Gasteiger partial charge in [-0.2, -0.15) is 0 Å². The summed E-state index contributed by atoms with van der Waals surface area (Å²) in [6.07, 6.45) is -0.487. The second-order valence-electron chi connectivity index (χ2n) is 4.05. The fourth-order valence-corrected chi connectivity index (χ4v) is 2.26. The van der Waals surface area contributed by atoms with Crippen LogP contribution in [0.5, 0.6) is 5.75 Å². The number of furan rings is 1. The molecule has 0 aliphatic carbocycles. The van der Waals surface area contributed by atoms with Crippen molar-refractivity contribution in [1.29, 1.82) is 0 Å². The van der Waals surface area contributed by atoms with Crippen LogP contribution in [0.3, 0.4) is 0 Å². The van der Waals surface area contributed by atoms with E-state index in [0.717, 1.165) is 5.39 Å². The lowest BCUT2D eigenvalue weighted by Gasteiger charge is -2.12. The van der Waals surface area contributed by atoms with E-state index in [2.05, 4.69) is 9.05 Å². The Morgan fingerprint density at radius 2 is 1.90 bits per heavy atom. The molecule has 0 aliphatic rings. The van der Waals surface area contributed by atoms with Gasteiger partial charge in [-0.3, -0.25) is 4.57 Å². The number of fused-ring (bicyclic) bond motifs is 1. The average Bonchev–Trinajstić information content (AvgIpc) is 2.95. The molecular formula is C13H15O7P. The minimum absolute atomic E-state index is 0.00277. The summed E-state index contributed by atoms with van der Waals surface area (Å²) in [4.78, 5) is 11.9. The van der Waals surface area contributed by atoms with E-state index in [0.29, 0.717) is 11.3 Å². The average molecular weight is 314 g/mol. The maximum absolute atomic E-state index is 11.9. The van der Waals surface area contributed by atoms with Crippen molar-refractivity contribution >= 4 is 24.5 Å². The Balaban J connectivity index is 2.14. The van der Waals surface area contributed by atoms with Crippen molar-refractivity contribution in [2.75, 3.05) is 27.7 Å². The van der Waals surface area contributed by atoms with E-state index in [1.807, 2.05) is 0 Å². The maximum Gasteiger partial charge on any atom is 0.374 e. The van der Waals surface area contributed by atoms with Crippen molar-refractivity contribution in [3.8, 4) is 5.75 Å². The first-order valence-electron chi connectivity index (χ1n) is 5.96. The lowest BCUT2D eigenvalue weighted by atomic mass is 10.2. The number of rotatable bonds is 6. The monoisotopic (exact) mass is 314 g/mol. The molecule has 0 atom stereocenters. The molecule has 1 aromatic heterocycles. The highest BCUT2D eigenvalue weighted by Crippen LogP contribution is 2.46. The largest absolute Gasteiger partial charge is 0.497 e. The van der Waals surface area contributed by atoms with Gasteiger partial charge in [0.1, 0.15) is 11.3 Å². The van der Waals surface area contributed by atoms with E-state index in [9.17, 15) is 9.36 Å². The SMILES string of the molecule is COc1ccc2cc(C(=O)OCP(=O)(OC)OC)oc2c1. The van der Waals surface area contributed by atoms with Crippen LogP contribution >= 0.6 is 7.60 Å². The fraction of sp³-hybridized carbons (Fsp3) is 0.308. The van der Waals surface area contributed by atoms with Gasteiger partial charge in [0.2, 0.25) is 5.76 Å². The van der Waals surface area contributed by atoms with Crippen LogP contribution in [-0.2, 0) is 18.3 Å². The van der Waals surface area contributed by atoms with Crippen molar-refractivity contribution in [3.63, 3.8) is 0 Å². The molecule has 1 heterocycles. The molecule has 0 saturated carbocycles. The highest BCUT2D eigenvalue weighted by atomic mass is 31.2. The van der Waals surface area contributed by atoms with E-state index >= 15 is 0 Å². The lowest BCUT2D eigenvalue weighted by molar-refractivity contribution is 0.0509. The number of hydrogen-bond acceptors (Lipinski definition) is 7. The van der Waals surface area contributed by atoms with E-state index in [-0.39, 0.29) is 5.76 Å². The first-order valence-corrected chi connectivity index (χ1v) is 7.69. The van der Waals surface area contributed by atoms with Gasteiger partial charge in [0.25, 0.3) is 0 Å². The molecule has 2 rings (SSSR count). The van der Waals surface area contributed by atoms with Gasteiger partial charge in [-0.15, -0.1) is 0 Å². The Morgan fingerprint density at radius 3 is 2.52 bits per heavy atom. The molecule has 7 nitrogen and oxygen atoms in total. The summed E-state index contributed by atoms with van der Waals surface area (Å²) in [5.41, 5.74) is 0.489. The van der Waals surface area contributed by atoms with Gasteiger partial charge in [-0.05, 0) is 18.2 Å². The number of carbonyl (C=O) groups is 1. The molecule has 2 aromatic rings. The van der Waals surface area contributed by atoms with Gasteiger partial charge in [-0.1, -0.05) is 0 Å². The van der Waals surface area contributed by atoms with Crippen LogP contribution < -0.4 is 4.74 Å². The van der Waals surface area contributed by atoms with E-state index < -0.39 is 19.9 Å². The minimum Gasteiger partial charge on any atom is -0.497 e. The first kappa shape index (κ1) is 15.6. The first-order chi connectivity index (χ1) is 10.0. The molecule has 0 saturated heterocycles. The second-order valence-corrected chi connectivity index (χ2v) is 6.26. The zero-order valence-electron chi connectivity index (χ0n) is 11.8. The smallest absolute Gasteiger partial charge is 0.374 e. The van der Waals surface area contributed by atoms with Crippen LogP contribution in [0.1, 0.15) is 10.6 Å². The van der Waals surface area contributed by atoms with Gasteiger partial charge in [0.15, 0.2) is 6.35 Å². The lowest BCUT2D eigenvalue weighted by Crippen LogP contribution is -2.07. The normalized spacial score (nSPS) is 11.6. The topological polar surface area (TPSA) is 84.2 Å². The molecule has 0 bridgehead atoms. The minimum atomic E-state index is -3.41. The summed E-state index contributed by atoms with van der Waals surface area (Å²) in [6.45, 7) is 0. The third-order valence-corrected chi connectivity index (χ3v) is 4.40. The van der Waals surface area contributed by atoms with Crippen LogP contribution in [0.25, 0.3) is 11.0 Å². The third-order valence-electron chi connectivity index (χ3n) is 2.84. The zero-order chi connectivity index (χ0) is 15.5. The highest BCUT2D eigenvalue weighted by molar-refractivity contribution is 7.53. The summed E-state index contributed by atoms with van der Waals surface area (Å²) in [5.74, 6) is -0.142. The van der Waals surface area contributed by atoms with Crippen LogP contribution in [0.15, 0.2) is 28.7 Å². The van der Waals surface area contributed by atoms with Gasteiger partial charge >= 0.3 is 13.6 Å². The predicted molar refractivity (Wildman–Crippen MR) is 74.7 cm³/mol. The van der Waals surface area contributed by atoms with Crippen LogP contribution in [0, 0.1) is 0 Å². The van der Waals surface area contributed by atoms with Gasteiger partial charge < -0.3 is 22.9 Å². The fourth-order valence-electron chi connectivity index (χ4n) is 1.63. The predicted octanol–water partition coefficient (Wildman–Crippen LogP) is 3.04. The number of methoxy groups -OCH3 is 1. The van der Waals surface area contributed by atoms with Crippen LogP contribution in [0.2, 0.25) is 0 Å². The Morgan fingerprint density at radius 1 is 1.19 bits per heavy atom. The molecule has 114 valence electrons. The van der Waals surface area contributed by atoms with Crippen molar-refractivity contribution in [2.24, 2.45) is 0 Å². The summed E-state index contributed by atoms with van der Waals surface area (Å²) in [7, 11) is 0.554. The zero-order valence-corrected chi connectivity index (χ0v) is 12.7. The van der Waals surface area contributed by atoms with Crippen molar-refractivity contribution < 1.29 is 32.3 Å². The summed E-state index contributed by atoms with van der Waals surface area (Å²) < 4.78 is 36.4. The number of benzene rings is 1. The molecule has 0 N–H and O–H groups in total. The van der Waals surface area contributed by atoms with Gasteiger partial charge in [0.05, 0.1) is 7.11 Å². The third kappa shape index (κ3) is 3.44. The summed E-state index contributed by atoms with van der Waals surface area (Å²) in [5, 5.41) is 0.726. The Hall–Kier alpha value is -1.82. The maximum atomic E-state index is 11.9. The summed E-state index contributed by atoms with van der Waals surface area (Å²) >= 11 is 0. The number of carbonyl (C=O) groups excluding carboxylic acids is 1. The van der Waals surface area contributed by atoms with Gasteiger partial charge in [0, 0.05) is 25.7 Å². The highest BCUT2D eigenvalue weighted by Gasteiger charge is 2.25. The molecule has 0 aliphatic heterocycles.